The number of hydrogen-bond donors (Lipinski definition) is 3. The summed E-state index contributed by atoms with van der Waals surface area (Å²) >= 11 is 0. The zero-order chi connectivity index (χ0) is 26.5. The van der Waals surface area contributed by atoms with Crippen LogP contribution in [0.15, 0.2) is 36.4 Å². The van der Waals surface area contributed by atoms with Crippen molar-refractivity contribution in [1.29, 1.82) is 0 Å². The van der Waals surface area contributed by atoms with Gasteiger partial charge in [0.25, 0.3) is 0 Å². The van der Waals surface area contributed by atoms with Crippen molar-refractivity contribution in [2.24, 2.45) is 17.1 Å². The number of carbonyl (C=O) groups is 1. The maximum absolute atomic E-state index is 12.2. The van der Waals surface area contributed by atoms with Crippen LogP contribution < -0.4 is 5.73 Å². The second-order valence-corrected chi connectivity index (χ2v) is 11.8. The lowest BCUT2D eigenvalue weighted by atomic mass is 9.49. The van der Waals surface area contributed by atoms with E-state index in [1.165, 1.54) is 48.4 Å². The molecule has 0 spiro atoms. The summed E-state index contributed by atoms with van der Waals surface area (Å²) in [5.41, 5.74) is 10.9. The van der Waals surface area contributed by atoms with Crippen molar-refractivity contribution in [1.82, 2.24) is 0 Å². The van der Waals surface area contributed by atoms with Gasteiger partial charge in [-0.2, -0.15) is 0 Å². The summed E-state index contributed by atoms with van der Waals surface area (Å²) in [6.07, 6.45) is 11.1. The molecule has 1 saturated carbocycles. The number of amides is 1. The van der Waals surface area contributed by atoms with Crippen molar-refractivity contribution in [2.75, 3.05) is 0 Å². The van der Waals surface area contributed by atoms with Crippen molar-refractivity contribution in [3.05, 3.63) is 58.7 Å². The van der Waals surface area contributed by atoms with Crippen LogP contribution in [0.1, 0.15) is 114 Å². The maximum atomic E-state index is 12.2. The number of phenolic OH excluding ortho intramolecular Hbond substituents is 2. The molecule has 4 nitrogen and oxygen atoms in total. The molecule has 1 fully saturated rings. The van der Waals surface area contributed by atoms with Gasteiger partial charge in [-0.1, -0.05) is 84.6 Å². The summed E-state index contributed by atoms with van der Waals surface area (Å²) < 4.78 is 0. The Morgan fingerprint density at radius 2 is 1.81 bits per heavy atom. The molecule has 2 aromatic rings. The lowest BCUT2D eigenvalue weighted by molar-refractivity contribution is -0.135. The van der Waals surface area contributed by atoms with Gasteiger partial charge in [-0.05, 0) is 84.1 Å². The molecule has 4 heteroatoms. The van der Waals surface area contributed by atoms with Gasteiger partial charge >= 0.3 is 0 Å². The van der Waals surface area contributed by atoms with Gasteiger partial charge in [-0.15, -0.1) is 0 Å². The average Bonchev–Trinajstić information content (AvgIpc) is 2.83. The molecule has 0 aliphatic heterocycles. The number of aromatic hydroxyl groups is 2. The largest absolute Gasteiger partial charge is 0.508 e. The first-order valence-corrected chi connectivity index (χ1v) is 14.0. The predicted molar refractivity (Wildman–Crippen MR) is 148 cm³/mol. The highest BCUT2D eigenvalue weighted by molar-refractivity contribution is 5.81. The van der Waals surface area contributed by atoms with Crippen LogP contribution in [0.4, 0.5) is 0 Å². The van der Waals surface area contributed by atoms with E-state index >= 15 is 0 Å². The Kier molecular flexibility index (Phi) is 9.13. The summed E-state index contributed by atoms with van der Waals surface area (Å²) in [4.78, 5) is 12.2. The Balaban J connectivity index is 0.000000223. The molecule has 36 heavy (non-hydrogen) atoms. The van der Waals surface area contributed by atoms with Crippen LogP contribution in [0.2, 0.25) is 0 Å². The van der Waals surface area contributed by atoms with E-state index in [1.807, 2.05) is 0 Å². The minimum Gasteiger partial charge on any atom is -0.508 e. The molecule has 0 aromatic heterocycles. The number of carbonyl (C=O) groups excluding carboxylic acids is 1. The molecule has 1 amide bonds. The summed E-state index contributed by atoms with van der Waals surface area (Å²) in [7, 11) is 0. The van der Waals surface area contributed by atoms with Crippen LogP contribution in [0.3, 0.4) is 0 Å². The smallest absolute Gasteiger partial charge is 0.223 e. The maximum Gasteiger partial charge on any atom is 0.223 e. The Bertz CT molecular complexity index is 1050. The Labute approximate surface area is 218 Å². The van der Waals surface area contributed by atoms with Crippen LogP contribution in [0.25, 0.3) is 0 Å². The highest BCUT2D eigenvalue weighted by Crippen LogP contribution is 2.57. The molecule has 3 atom stereocenters. The third kappa shape index (κ3) is 5.90. The minimum absolute atomic E-state index is 0.102. The van der Waals surface area contributed by atoms with E-state index in [0.717, 1.165) is 44.1 Å². The molecule has 2 aromatic carbocycles. The van der Waals surface area contributed by atoms with Gasteiger partial charge in [0.15, 0.2) is 0 Å². The highest BCUT2D eigenvalue weighted by Gasteiger charge is 2.54. The standard InChI is InChI=1S/C20H29NO.C12H18O2/c1-13(2)14-6-8-16-15(12-14)7-9-17-19(16,3)10-5-11-20(17,4)18(21)22;1-2-3-4-5-6-10-7-8-11(13)9-12(10)14/h6,8,12-13,17H,5,7,9-11H2,1-4H3,(H2,21,22);7-9,13-14H,2-6H2,1H3. The molecule has 198 valence electrons. The normalized spacial score (nSPS) is 24.9. The number of fused-ring (bicyclic) bond motifs is 3. The van der Waals surface area contributed by atoms with Crippen molar-refractivity contribution >= 4 is 5.91 Å². The zero-order valence-corrected chi connectivity index (χ0v) is 23.1. The molecule has 2 aliphatic rings. The third-order valence-corrected chi connectivity index (χ3v) is 8.98. The van der Waals surface area contributed by atoms with Gasteiger partial charge < -0.3 is 15.9 Å². The molecule has 3 unspecified atom stereocenters. The Morgan fingerprint density at radius 1 is 1.06 bits per heavy atom. The van der Waals surface area contributed by atoms with Crippen molar-refractivity contribution in [3.8, 4) is 11.5 Å². The number of nitrogens with two attached hydrogens (primary N) is 1. The molecule has 2 aliphatic carbocycles. The number of primary amides is 1. The van der Waals surface area contributed by atoms with Gasteiger partial charge in [-0.25, -0.2) is 0 Å². The molecule has 0 heterocycles. The summed E-state index contributed by atoms with van der Waals surface area (Å²) in [5.74, 6) is 1.17. The first kappa shape index (κ1) is 28.1. The molecule has 0 bridgehead atoms. The number of hydrogen-bond acceptors (Lipinski definition) is 3. The second kappa shape index (κ2) is 11.7. The first-order valence-electron chi connectivity index (χ1n) is 14.0. The van der Waals surface area contributed by atoms with Crippen LogP contribution in [0.5, 0.6) is 11.5 Å². The van der Waals surface area contributed by atoms with Crippen molar-refractivity contribution in [2.45, 2.75) is 110 Å². The molecule has 0 radical (unpaired) electrons. The van der Waals surface area contributed by atoms with Gasteiger partial charge in [0, 0.05) is 11.5 Å². The fourth-order valence-electron chi connectivity index (χ4n) is 6.67. The lowest BCUT2D eigenvalue weighted by Gasteiger charge is -2.54. The van der Waals surface area contributed by atoms with E-state index in [0.29, 0.717) is 11.8 Å². The van der Waals surface area contributed by atoms with Crippen LogP contribution in [-0.4, -0.2) is 16.1 Å². The summed E-state index contributed by atoms with van der Waals surface area (Å²) in [6.45, 7) is 11.1. The van der Waals surface area contributed by atoms with Crippen LogP contribution in [-0.2, 0) is 23.1 Å². The van der Waals surface area contributed by atoms with E-state index in [2.05, 4.69) is 52.8 Å². The fourth-order valence-corrected chi connectivity index (χ4v) is 6.67. The quantitative estimate of drug-likeness (QED) is 0.349. The number of benzene rings is 2. The highest BCUT2D eigenvalue weighted by atomic mass is 16.3. The van der Waals surface area contributed by atoms with Gasteiger partial charge in [-0.3, -0.25) is 4.79 Å². The van der Waals surface area contributed by atoms with E-state index < -0.39 is 0 Å². The Morgan fingerprint density at radius 3 is 2.44 bits per heavy atom. The minimum atomic E-state index is -0.346. The van der Waals surface area contributed by atoms with Gasteiger partial charge in [0.1, 0.15) is 11.5 Å². The van der Waals surface area contributed by atoms with Crippen molar-refractivity contribution < 1.29 is 15.0 Å². The molecule has 0 saturated heterocycles. The third-order valence-electron chi connectivity index (χ3n) is 8.98. The molecule has 4 N–H and O–H groups in total. The Hall–Kier alpha value is -2.49. The first-order chi connectivity index (χ1) is 17.0. The fraction of sp³-hybridized carbons (Fsp3) is 0.594. The van der Waals surface area contributed by atoms with Crippen LogP contribution in [0, 0.1) is 11.3 Å². The number of unbranched alkanes of at least 4 members (excludes halogenated alkanes) is 3. The average molecular weight is 494 g/mol. The molecular weight excluding hydrogens is 446 g/mol. The summed E-state index contributed by atoms with van der Waals surface area (Å²) in [6, 6.07) is 11.8. The molecular formula is C32H47NO3. The van der Waals surface area contributed by atoms with Crippen LogP contribution >= 0.6 is 0 Å². The zero-order valence-electron chi connectivity index (χ0n) is 23.1. The van der Waals surface area contributed by atoms with Gasteiger partial charge in [0.05, 0.1) is 0 Å². The summed E-state index contributed by atoms with van der Waals surface area (Å²) in [5, 5.41) is 18.6. The SMILES string of the molecule is CC(C)c1ccc2c(c1)CCC1C(C)(C(N)=O)CCCC21C.CCCCCCc1ccc(O)cc1O. The number of phenols is 2. The lowest BCUT2D eigenvalue weighted by Crippen LogP contribution is -2.54. The second-order valence-electron chi connectivity index (χ2n) is 11.8. The van der Waals surface area contributed by atoms with Gasteiger partial charge in [0.2, 0.25) is 5.91 Å². The molecule has 4 rings (SSSR count). The number of aryl methyl sites for hydroxylation is 2. The van der Waals surface area contributed by atoms with E-state index in [1.54, 1.807) is 12.1 Å². The van der Waals surface area contributed by atoms with E-state index in [4.69, 9.17) is 10.8 Å². The topological polar surface area (TPSA) is 83.6 Å². The monoisotopic (exact) mass is 493 g/mol. The van der Waals surface area contributed by atoms with E-state index in [9.17, 15) is 9.90 Å². The van der Waals surface area contributed by atoms with Crippen molar-refractivity contribution in [3.63, 3.8) is 0 Å². The predicted octanol–water partition coefficient (Wildman–Crippen LogP) is 7.53. The van der Waals surface area contributed by atoms with E-state index in [-0.39, 0.29) is 28.2 Å². The number of rotatable bonds is 7.